The summed E-state index contributed by atoms with van der Waals surface area (Å²) >= 11 is 0. The molecule has 5 nitrogen and oxygen atoms in total. The molecule has 1 atom stereocenters. The van der Waals surface area contributed by atoms with E-state index in [9.17, 15) is 5.11 Å². The van der Waals surface area contributed by atoms with Gasteiger partial charge in [0.1, 0.15) is 11.6 Å². The molecule has 1 unspecified atom stereocenters. The molecule has 44 heavy (non-hydrogen) atoms. The largest absolute Gasteiger partial charge is 0.396 e. The van der Waals surface area contributed by atoms with Gasteiger partial charge in [0.25, 0.3) is 0 Å². The van der Waals surface area contributed by atoms with Gasteiger partial charge in [0.05, 0.1) is 23.1 Å². The zero-order valence-corrected chi connectivity index (χ0v) is 25.1. The van der Waals surface area contributed by atoms with Crippen LogP contribution in [0.1, 0.15) is 53.3 Å². The Bertz CT molecular complexity index is 2100. The van der Waals surface area contributed by atoms with E-state index >= 15 is 0 Å². The van der Waals surface area contributed by atoms with Crippen LogP contribution in [-0.4, -0.2) is 33.7 Å². The van der Waals surface area contributed by atoms with Crippen LogP contribution < -0.4 is 4.90 Å². The number of aryl methyl sites for hydroxylation is 2. The number of fused-ring (bicyclic) bond motifs is 6. The normalized spacial score (nSPS) is 16.1. The van der Waals surface area contributed by atoms with Gasteiger partial charge in [-0.3, -0.25) is 0 Å². The minimum atomic E-state index is 0.185. The van der Waals surface area contributed by atoms with Crippen LogP contribution in [0.3, 0.4) is 0 Å². The molecule has 0 radical (unpaired) electrons. The fourth-order valence-corrected chi connectivity index (χ4v) is 7.33. The number of nitrogens with zero attached hydrogens (tertiary/aromatic N) is 3. The predicted molar refractivity (Wildman–Crippen MR) is 181 cm³/mol. The van der Waals surface area contributed by atoms with E-state index in [4.69, 9.17) is 9.97 Å². The summed E-state index contributed by atoms with van der Waals surface area (Å²) in [7, 11) is 2.12. The summed E-state index contributed by atoms with van der Waals surface area (Å²) in [6, 6.07) is 30.4. The first-order valence-corrected chi connectivity index (χ1v) is 15.8. The number of nitrogens with one attached hydrogen (secondary N) is 1. The molecule has 4 aromatic carbocycles. The standard InChI is InChI=1S/C39H36N4O/c1-43(24-37-40-36-14-6-10-26(11-7-21-44)38(36)42-37)39-34(23-29-9-3-5-13-35(29)41-39)28-16-18-31-27(22-28)17-20-32-30-12-4-2-8-25(30)15-19-33(31)32/h2-6,8-10,12-16,18-19,23,28,44H,7,11,17,20-22,24H2,1H3,(H,40,42). The highest BCUT2D eigenvalue weighted by Crippen LogP contribution is 2.45. The van der Waals surface area contributed by atoms with E-state index in [1.165, 1.54) is 44.0 Å². The lowest BCUT2D eigenvalue weighted by Gasteiger charge is -2.31. The number of imidazole rings is 1. The van der Waals surface area contributed by atoms with Gasteiger partial charge in [-0.05, 0) is 83.3 Å². The van der Waals surface area contributed by atoms with Crippen LogP contribution in [0.2, 0.25) is 0 Å². The molecule has 0 amide bonds. The third kappa shape index (κ3) is 4.68. The number of aromatic amines is 1. The molecule has 2 aromatic heterocycles. The fourth-order valence-electron chi connectivity index (χ4n) is 7.33. The smallest absolute Gasteiger partial charge is 0.133 e. The Hall–Kier alpha value is -4.74. The van der Waals surface area contributed by atoms with Crippen molar-refractivity contribution in [3.8, 4) is 0 Å². The third-order valence-electron chi connectivity index (χ3n) is 9.48. The zero-order valence-electron chi connectivity index (χ0n) is 25.1. The van der Waals surface area contributed by atoms with E-state index in [0.29, 0.717) is 6.54 Å². The Labute approximate surface area is 257 Å². The van der Waals surface area contributed by atoms with E-state index < -0.39 is 0 Å². The first-order valence-electron chi connectivity index (χ1n) is 15.8. The summed E-state index contributed by atoms with van der Waals surface area (Å²) in [5, 5.41) is 13.2. The molecule has 0 saturated carbocycles. The Kier molecular flexibility index (Phi) is 6.76. The van der Waals surface area contributed by atoms with Gasteiger partial charge in [-0.1, -0.05) is 84.5 Å². The number of aliphatic hydroxyl groups is 1. The summed E-state index contributed by atoms with van der Waals surface area (Å²) in [4.78, 5) is 16.0. The van der Waals surface area contributed by atoms with Gasteiger partial charge < -0.3 is 15.0 Å². The highest BCUT2D eigenvalue weighted by atomic mass is 16.2. The summed E-state index contributed by atoms with van der Waals surface area (Å²) < 4.78 is 0. The van der Waals surface area contributed by atoms with Crippen molar-refractivity contribution in [1.29, 1.82) is 0 Å². The van der Waals surface area contributed by atoms with Crippen molar-refractivity contribution in [3.63, 3.8) is 0 Å². The second-order valence-corrected chi connectivity index (χ2v) is 12.3. The maximum atomic E-state index is 9.35. The van der Waals surface area contributed by atoms with Crippen LogP contribution in [0.15, 0.2) is 103 Å². The van der Waals surface area contributed by atoms with Crippen molar-refractivity contribution in [2.45, 2.75) is 44.6 Å². The van der Waals surface area contributed by atoms with Crippen LogP contribution in [0, 0.1) is 0 Å². The lowest BCUT2D eigenvalue weighted by molar-refractivity contribution is 0.288. The van der Waals surface area contributed by atoms with Gasteiger partial charge >= 0.3 is 0 Å². The molecule has 0 fully saturated rings. The first kappa shape index (κ1) is 26.9. The molecule has 6 aromatic rings. The number of para-hydroxylation sites is 2. The third-order valence-corrected chi connectivity index (χ3v) is 9.48. The Morgan fingerprint density at radius 3 is 2.68 bits per heavy atom. The minimum absolute atomic E-state index is 0.185. The summed E-state index contributed by atoms with van der Waals surface area (Å²) in [5.41, 5.74) is 11.3. The molecule has 0 spiro atoms. The van der Waals surface area contributed by atoms with Gasteiger partial charge in [0, 0.05) is 30.5 Å². The minimum Gasteiger partial charge on any atom is -0.396 e. The van der Waals surface area contributed by atoms with Crippen LogP contribution in [0.5, 0.6) is 0 Å². The number of aromatic nitrogens is 3. The lowest BCUT2D eigenvalue weighted by Crippen LogP contribution is -2.22. The molecular weight excluding hydrogens is 540 g/mol. The van der Waals surface area contributed by atoms with Gasteiger partial charge in [0.15, 0.2) is 0 Å². The molecule has 8 rings (SSSR count). The second-order valence-electron chi connectivity index (χ2n) is 12.3. The molecule has 2 heterocycles. The van der Waals surface area contributed by atoms with E-state index in [1.807, 2.05) is 0 Å². The van der Waals surface area contributed by atoms with E-state index in [2.05, 4.69) is 114 Å². The number of hydrogen-bond acceptors (Lipinski definition) is 4. The first-order chi connectivity index (χ1) is 21.7. The van der Waals surface area contributed by atoms with Crippen molar-refractivity contribution in [1.82, 2.24) is 15.0 Å². The van der Waals surface area contributed by atoms with Crippen LogP contribution in [-0.2, 0) is 19.4 Å². The van der Waals surface area contributed by atoms with E-state index in [0.717, 1.165) is 60.3 Å². The van der Waals surface area contributed by atoms with Crippen LogP contribution in [0.25, 0.3) is 38.3 Å². The zero-order chi connectivity index (χ0) is 29.6. The molecular formula is C39H36N4O. The molecule has 5 heteroatoms. The van der Waals surface area contributed by atoms with Crippen LogP contribution >= 0.6 is 0 Å². The predicted octanol–water partition coefficient (Wildman–Crippen LogP) is 8.27. The number of hydrogen-bond donors (Lipinski definition) is 2. The maximum absolute atomic E-state index is 9.35. The molecule has 2 N–H and O–H groups in total. The molecule has 0 bridgehead atoms. The number of aliphatic hydroxyl groups excluding tert-OH is 1. The van der Waals surface area contributed by atoms with Crippen molar-refractivity contribution < 1.29 is 5.11 Å². The second kappa shape index (κ2) is 11.1. The summed E-state index contributed by atoms with van der Waals surface area (Å²) in [6.07, 6.45) is 9.53. The average Bonchev–Trinajstić information content (AvgIpc) is 3.49. The average molecular weight is 577 g/mol. The quantitative estimate of drug-likeness (QED) is 0.201. The Morgan fingerprint density at radius 2 is 1.77 bits per heavy atom. The molecule has 0 aliphatic heterocycles. The number of benzene rings is 4. The maximum Gasteiger partial charge on any atom is 0.133 e. The molecule has 2 aliphatic carbocycles. The van der Waals surface area contributed by atoms with Gasteiger partial charge in [0.2, 0.25) is 0 Å². The monoisotopic (exact) mass is 576 g/mol. The van der Waals surface area contributed by atoms with Crippen molar-refractivity contribution >= 4 is 44.1 Å². The topological polar surface area (TPSA) is 65.0 Å². The molecule has 2 aliphatic rings. The van der Waals surface area contributed by atoms with Crippen molar-refractivity contribution in [3.05, 3.63) is 131 Å². The SMILES string of the molecule is CN(Cc1nc2c(CCCO)cccc2[nH]1)c1nc2ccccc2cc1C1C=CC2=C(CCc3c2ccc2ccccc32)C1. The number of H-pyrrole nitrogens is 1. The molecule has 218 valence electrons. The highest BCUT2D eigenvalue weighted by molar-refractivity contribution is 5.94. The lowest BCUT2D eigenvalue weighted by atomic mass is 9.75. The number of pyridine rings is 1. The Balaban J connectivity index is 1.14. The van der Waals surface area contributed by atoms with E-state index in [1.54, 1.807) is 5.57 Å². The van der Waals surface area contributed by atoms with Gasteiger partial charge in [-0.25, -0.2) is 9.97 Å². The highest BCUT2D eigenvalue weighted by Gasteiger charge is 2.27. The van der Waals surface area contributed by atoms with Gasteiger partial charge in [-0.15, -0.1) is 0 Å². The van der Waals surface area contributed by atoms with Crippen LogP contribution in [0.4, 0.5) is 5.82 Å². The summed E-state index contributed by atoms with van der Waals surface area (Å²) in [6.45, 7) is 0.807. The number of rotatable bonds is 7. The van der Waals surface area contributed by atoms with E-state index in [-0.39, 0.29) is 12.5 Å². The summed E-state index contributed by atoms with van der Waals surface area (Å²) in [5.74, 6) is 2.18. The Morgan fingerprint density at radius 1 is 0.909 bits per heavy atom. The fraction of sp³-hybridized carbons (Fsp3) is 0.231. The number of allylic oxidation sites excluding steroid dienone is 4. The number of anilines is 1. The van der Waals surface area contributed by atoms with Crippen molar-refractivity contribution in [2.75, 3.05) is 18.6 Å². The van der Waals surface area contributed by atoms with Gasteiger partial charge in [-0.2, -0.15) is 0 Å². The van der Waals surface area contributed by atoms with Crippen molar-refractivity contribution in [2.24, 2.45) is 0 Å². The molecule has 0 saturated heterocycles.